The molecule has 0 spiro atoms. The van der Waals surface area contributed by atoms with Crippen LogP contribution in [0.4, 0.5) is 8.78 Å². The fraction of sp³-hybridized carbons (Fsp3) is 1.00. The molecule has 0 radical (unpaired) electrons. The summed E-state index contributed by atoms with van der Waals surface area (Å²) in [6.45, 7) is -0.603. The lowest BCUT2D eigenvalue weighted by molar-refractivity contribution is -0.108. The van der Waals surface area contributed by atoms with Gasteiger partial charge in [0.1, 0.15) is 0 Å². The van der Waals surface area contributed by atoms with Gasteiger partial charge >= 0.3 is 0 Å². The fourth-order valence-corrected chi connectivity index (χ4v) is 5.00. The van der Waals surface area contributed by atoms with Crippen LogP contribution in [0.25, 0.3) is 0 Å². The first-order valence-corrected chi connectivity index (χ1v) is 7.37. The van der Waals surface area contributed by atoms with Crippen LogP contribution < -0.4 is 0 Å². The molecule has 0 aromatic carbocycles. The summed E-state index contributed by atoms with van der Waals surface area (Å²) < 4.78 is 49.3. The molecular formula is C10H16F2O4S. The van der Waals surface area contributed by atoms with E-state index >= 15 is 0 Å². The van der Waals surface area contributed by atoms with Crippen LogP contribution in [-0.2, 0) is 9.84 Å². The Balaban J connectivity index is 2.32. The fourth-order valence-electron chi connectivity index (χ4n) is 3.02. The minimum atomic E-state index is -3.38. The predicted octanol–water partition coefficient (Wildman–Crippen LogP) is 0.334. The van der Waals surface area contributed by atoms with E-state index in [9.17, 15) is 27.4 Å². The number of aliphatic hydroxyl groups excluding tert-OH is 1. The SMILES string of the molecule is O=S1(=O)CCC(O)(C2(CO)CCC(F)(F)C2)C1. The molecular weight excluding hydrogens is 254 g/mol. The maximum Gasteiger partial charge on any atom is 0.248 e. The maximum absolute atomic E-state index is 13.3. The highest BCUT2D eigenvalue weighted by Gasteiger charge is 2.62. The zero-order valence-corrected chi connectivity index (χ0v) is 10.1. The second-order valence-corrected chi connectivity index (χ2v) is 7.53. The van der Waals surface area contributed by atoms with Gasteiger partial charge in [0.05, 0.1) is 23.7 Å². The van der Waals surface area contributed by atoms with Crippen molar-refractivity contribution in [3.8, 4) is 0 Å². The Labute approximate surface area is 98.6 Å². The van der Waals surface area contributed by atoms with E-state index in [1.165, 1.54) is 0 Å². The van der Waals surface area contributed by atoms with E-state index in [4.69, 9.17) is 0 Å². The standard InChI is InChI=1S/C10H16F2O4S/c11-10(12)2-1-8(5-10,6-13)9(14)3-4-17(15,16)7-9/h13-14H,1-7H2. The average molecular weight is 270 g/mol. The van der Waals surface area contributed by atoms with Crippen molar-refractivity contribution >= 4 is 9.84 Å². The van der Waals surface area contributed by atoms with E-state index in [1.54, 1.807) is 0 Å². The first-order valence-electron chi connectivity index (χ1n) is 5.55. The molecule has 0 bridgehead atoms. The van der Waals surface area contributed by atoms with Crippen molar-refractivity contribution in [1.82, 2.24) is 0 Å². The van der Waals surface area contributed by atoms with Crippen LogP contribution in [0.2, 0.25) is 0 Å². The van der Waals surface area contributed by atoms with Gasteiger partial charge in [0.2, 0.25) is 5.92 Å². The van der Waals surface area contributed by atoms with Gasteiger partial charge in [0, 0.05) is 18.3 Å². The van der Waals surface area contributed by atoms with Crippen LogP contribution in [0.1, 0.15) is 25.7 Å². The lowest BCUT2D eigenvalue weighted by atomic mass is 9.70. The van der Waals surface area contributed by atoms with Crippen molar-refractivity contribution in [2.75, 3.05) is 18.1 Å². The second-order valence-electron chi connectivity index (χ2n) is 5.34. The zero-order chi connectivity index (χ0) is 12.9. The van der Waals surface area contributed by atoms with E-state index in [0.717, 1.165) is 0 Å². The third kappa shape index (κ3) is 2.08. The molecule has 7 heteroatoms. The van der Waals surface area contributed by atoms with Gasteiger partial charge in [-0.2, -0.15) is 0 Å². The topological polar surface area (TPSA) is 74.6 Å². The van der Waals surface area contributed by atoms with Crippen LogP contribution in [0, 0.1) is 5.41 Å². The minimum absolute atomic E-state index is 0.0392. The van der Waals surface area contributed by atoms with E-state index in [0.29, 0.717) is 0 Å². The van der Waals surface area contributed by atoms with Crippen LogP contribution in [-0.4, -0.2) is 48.3 Å². The molecule has 1 heterocycles. The lowest BCUT2D eigenvalue weighted by Crippen LogP contribution is -2.51. The third-order valence-corrected chi connectivity index (χ3v) is 5.89. The van der Waals surface area contributed by atoms with E-state index < -0.39 is 52.0 Å². The average Bonchev–Trinajstić information content (AvgIpc) is 2.66. The molecule has 0 amide bonds. The second kappa shape index (κ2) is 3.61. The molecule has 4 nitrogen and oxygen atoms in total. The summed E-state index contributed by atoms with van der Waals surface area (Å²) in [6.07, 6.45) is -1.15. The molecule has 2 aliphatic rings. The first kappa shape index (κ1) is 13.2. The van der Waals surface area contributed by atoms with Crippen molar-refractivity contribution in [1.29, 1.82) is 0 Å². The molecule has 100 valence electrons. The van der Waals surface area contributed by atoms with Gasteiger partial charge in [0.25, 0.3) is 0 Å². The summed E-state index contributed by atoms with van der Waals surface area (Å²) in [4.78, 5) is 0. The molecule has 1 saturated heterocycles. The molecule has 2 N–H and O–H groups in total. The summed E-state index contributed by atoms with van der Waals surface area (Å²) in [6, 6.07) is 0. The van der Waals surface area contributed by atoms with Gasteiger partial charge in [-0.25, -0.2) is 17.2 Å². The minimum Gasteiger partial charge on any atom is -0.396 e. The number of alkyl halides is 2. The largest absolute Gasteiger partial charge is 0.396 e. The van der Waals surface area contributed by atoms with Crippen LogP contribution >= 0.6 is 0 Å². The number of hydrogen-bond donors (Lipinski definition) is 2. The molecule has 0 aromatic heterocycles. The van der Waals surface area contributed by atoms with Crippen molar-refractivity contribution in [3.05, 3.63) is 0 Å². The summed E-state index contributed by atoms with van der Waals surface area (Å²) in [5.74, 6) is -3.64. The van der Waals surface area contributed by atoms with Crippen molar-refractivity contribution in [3.63, 3.8) is 0 Å². The van der Waals surface area contributed by atoms with Gasteiger partial charge in [0.15, 0.2) is 9.84 Å². The third-order valence-electron chi connectivity index (χ3n) is 4.14. The summed E-state index contributed by atoms with van der Waals surface area (Å²) >= 11 is 0. The molecule has 2 rings (SSSR count). The predicted molar refractivity (Wildman–Crippen MR) is 56.5 cm³/mol. The number of hydrogen-bond acceptors (Lipinski definition) is 4. The zero-order valence-electron chi connectivity index (χ0n) is 9.32. The van der Waals surface area contributed by atoms with Crippen LogP contribution in [0.3, 0.4) is 0 Å². The number of aliphatic hydroxyl groups is 2. The van der Waals surface area contributed by atoms with E-state index in [2.05, 4.69) is 0 Å². The van der Waals surface area contributed by atoms with Gasteiger partial charge in [-0.05, 0) is 12.8 Å². The monoisotopic (exact) mass is 270 g/mol. The molecule has 2 unspecified atom stereocenters. The Bertz CT molecular complexity index is 422. The van der Waals surface area contributed by atoms with Crippen molar-refractivity contribution in [2.45, 2.75) is 37.2 Å². The molecule has 0 aromatic rings. The molecule has 1 saturated carbocycles. The molecule has 17 heavy (non-hydrogen) atoms. The summed E-state index contributed by atoms with van der Waals surface area (Å²) in [5, 5.41) is 19.7. The van der Waals surface area contributed by atoms with Crippen molar-refractivity contribution in [2.24, 2.45) is 5.41 Å². The maximum atomic E-state index is 13.3. The Morgan fingerprint density at radius 3 is 2.18 bits per heavy atom. The van der Waals surface area contributed by atoms with Gasteiger partial charge in [-0.1, -0.05) is 0 Å². The molecule has 2 fully saturated rings. The van der Waals surface area contributed by atoms with Crippen molar-refractivity contribution < 1.29 is 27.4 Å². The van der Waals surface area contributed by atoms with Crippen LogP contribution in [0.5, 0.6) is 0 Å². The Morgan fingerprint density at radius 2 is 1.82 bits per heavy atom. The highest BCUT2D eigenvalue weighted by Crippen LogP contribution is 2.55. The van der Waals surface area contributed by atoms with Gasteiger partial charge in [-0.3, -0.25) is 0 Å². The summed E-state index contributed by atoms with van der Waals surface area (Å²) in [5.41, 5.74) is -3.08. The molecule has 2 atom stereocenters. The lowest BCUT2D eigenvalue weighted by Gasteiger charge is -2.40. The quantitative estimate of drug-likeness (QED) is 0.758. The van der Waals surface area contributed by atoms with E-state index in [1.807, 2.05) is 0 Å². The highest BCUT2D eigenvalue weighted by molar-refractivity contribution is 7.91. The molecule has 1 aliphatic heterocycles. The smallest absolute Gasteiger partial charge is 0.248 e. The Kier molecular flexibility index (Phi) is 2.80. The number of halogens is 2. The van der Waals surface area contributed by atoms with Gasteiger partial charge in [-0.15, -0.1) is 0 Å². The first-order chi connectivity index (χ1) is 7.64. The Morgan fingerprint density at radius 1 is 1.18 bits per heavy atom. The Hall–Kier alpha value is -0.270. The normalized spacial score (nSPS) is 44.0. The van der Waals surface area contributed by atoms with E-state index in [-0.39, 0.29) is 18.6 Å². The number of rotatable bonds is 2. The summed E-state index contributed by atoms with van der Waals surface area (Å²) in [7, 11) is -3.38. The highest BCUT2D eigenvalue weighted by atomic mass is 32.2. The van der Waals surface area contributed by atoms with Gasteiger partial charge < -0.3 is 10.2 Å². The van der Waals surface area contributed by atoms with Crippen LogP contribution in [0.15, 0.2) is 0 Å². The molecule has 1 aliphatic carbocycles. The number of sulfone groups is 1.